The van der Waals surface area contributed by atoms with Crippen LogP contribution in [0, 0.1) is 0 Å². The maximum atomic E-state index is 11.9. The van der Waals surface area contributed by atoms with E-state index in [-0.39, 0.29) is 17.3 Å². The maximum Gasteiger partial charge on any atom is 0.164 e. The van der Waals surface area contributed by atoms with Gasteiger partial charge in [0.15, 0.2) is 15.6 Å². The van der Waals surface area contributed by atoms with Crippen LogP contribution in [0.15, 0.2) is 12.4 Å². The molecule has 0 unspecified atom stereocenters. The van der Waals surface area contributed by atoms with E-state index in [2.05, 4.69) is 0 Å². The molecular formula is C14H21NO3S. The number of aromatic nitrogens is 1. The van der Waals surface area contributed by atoms with Crippen LogP contribution in [0.4, 0.5) is 0 Å². The van der Waals surface area contributed by atoms with Crippen molar-refractivity contribution in [1.82, 2.24) is 4.57 Å². The molecule has 0 fully saturated rings. The Balaban J connectivity index is 2.07. The lowest BCUT2D eigenvalue weighted by Gasteiger charge is -2.04. The molecule has 0 aliphatic heterocycles. The molecule has 0 bridgehead atoms. The van der Waals surface area contributed by atoms with Gasteiger partial charge in [-0.2, -0.15) is 0 Å². The monoisotopic (exact) mass is 283 g/mol. The van der Waals surface area contributed by atoms with E-state index in [1.54, 1.807) is 0 Å². The third kappa shape index (κ3) is 3.69. The molecule has 0 N–H and O–H groups in total. The molecule has 19 heavy (non-hydrogen) atoms. The Bertz CT molecular complexity index is 557. The molecule has 5 heteroatoms. The van der Waals surface area contributed by atoms with E-state index in [1.807, 2.05) is 23.9 Å². The third-order valence-electron chi connectivity index (χ3n) is 3.54. The smallest absolute Gasteiger partial charge is 0.164 e. The van der Waals surface area contributed by atoms with E-state index in [0.717, 1.165) is 30.4 Å². The molecule has 0 spiro atoms. The SMILES string of the molecule is CCCS(=O)(=O)CCn1cc2c(c1)C(=O)CCCC2. The van der Waals surface area contributed by atoms with Crippen LogP contribution in [0.1, 0.15) is 48.5 Å². The van der Waals surface area contributed by atoms with Gasteiger partial charge in [-0.1, -0.05) is 6.92 Å². The summed E-state index contributed by atoms with van der Waals surface area (Å²) in [5.74, 6) is 0.595. The van der Waals surface area contributed by atoms with Crippen molar-refractivity contribution in [3.8, 4) is 0 Å². The summed E-state index contributed by atoms with van der Waals surface area (Å²) in [5, 5.41) is 0. The normalized spacial score (nSPS) is 16.2. The molecule has 1 heterocycles. The van der Waals surface area contributed by atoms with Crippen LogP contribution in [0.2, 0.25) is 0 Å². The number of hydrogen-bond acceptors (Lipinski definition) is 3. The van der Waals surface area contributed by atoms with Gasteiger partial charge in [0.1, 0.15) is 0 Å². The Labute approximate surface area is 114 Å². The average molecular weight is 283 g/mol. The highest BCUT2D eigenvalue weighted by molar-refractivity contribution is 7.91. The number of rotatable bonds is 5. The first-order valence-electron chi connectivity index (χ1n) is 6.94. The fraction of sp³-hybridized carbons (Fsp3) is 0.643. The fourth-order valence-electron chi connectivity index (χ4n) is 2.53. The highest BCUT2D eigenvalue weighted by Crippen LogP contribution is 2.21. The standard InChI is InChI=1S/C14H21NO3S/c1-2-8-19(17,18)9-7-15-10-12-5-3-4-6-14(16)13(12)11-15/h10-11H,2-9H2,1H3. The number of carbonyl (C=O) groups is 1. The summed E-state index contributed by atoms with van der Waals surface area (Å²) in [6, 6.07) is 0. The minimum absolute atomic E-state index is 0.155. The second-order valence-electron chi connectivity index (χ2n) is 5.22. The van der Waals surface area contributed by atoms with Crippen molar-refractivity contribution in [2.75, 3.05) is 11.5 Å². The van der Waals surface area contributed by atoms with Gasteiger partial charge in [0.2, 0.25) is 0 Å². The molecule has 0 amide bonds. The predicted molar refractivity (Wildman–Crippen MR) is 75.3 cm³/mol. The molecule has 1 aromatic heterocycles. The van der Waals surface area contributed by atoms with Crippen LogP contribution in [-0.2, 0) is 22.8 Å². The Morgan fingerprint density at radius 3 is 2.63 bits per heavy atom. The number of ketones is 1. The van der Waals surface area contributed by atoms with Crippen molar-refractivity contribution in [1.29, 1.82) is 0 Å². The van der Waals surface area contributed by atoms with Gasteiger partial charge < -0.3 is 4.57 Å². The number of aryl methyl sites for hydroxylation is 2. The molecule has 2 rings (SSSR count). The molecule has 0 radical (unpaired) electrons. The number of nitrogens with zero attached hydrogens (tertiary/aromatic N) is 1. The van der Waals surface area contributed by atoms with Crippen molar-refractivity contribution in [2.45, 2.75) is 45.6 Å². The van der Waals surface area contributed by atoms with E-state index < -0.39 is 9.84 Å². The van der Waals surface area contributed by atoms with Gasteiger partial charge in [-0.05, 0) is 31.2 Å². The number of Topliss-reactive ketones (excluding diaryl/α,β-unsaturated/α-hetero) is 1. The number of carbonyl (C=O) groups excluding carboxylic acids is 1. The van der Waals surface area contributed by atoms with E-state index in [9.17, 15) is 13.2 Å². The van der Waals surface area contributed by atoms with Gasteiger partial charge in [-0.25, -0.2) is 8.42 Å². The fourth-order valence-corrected chi connectivity index (χ4v) is 3.84. The maximum absolute atomic E-state index is 11.9. The zero-order valence-corrected chi connectivity index (χ0v) is 12.2. The zero-order chi connectivity index (χ0) is 13.9. The lowest BCUT2D eigenvalue weighted by molar-refractivity contribution is 0.0982. The van der Waals surface area contributed by atoms with E-state index in [4.69, 9.17) is 0 Å². The van der Waals surface area contributed by atoms with E-state index >= 15 is 0 Å². The van der Waals surface area contributed by atoms with Crippen molar-refractivity contribution in [3.05, 3.63) is 23.5 Å². The lowest BCUT2D eigenvalue weighted by atomic mass is 10.1. The topological polar surface area (TPSA) is 56.1 Å². The van der Waals surface area contributed by atoms with Crippen LogP contribution >= 0.6 is 0 Å². The Morgan fingerprint density at radius 2 is 1.89 bits per heavy atom. The van der Waals surface area contributed by atoms with Crippen LogP contribution in [0.5, 0.6) is 0 Å². The first-order chi connectivity index (χ1) is 9.02. The zero-order valence-electron chi connectivity index (χ0n) is 11.4. The number of fused-ring (bicyclic) bond motifs is 1. The van der Waals surface area contributed by atoms with E-state index in [1.165, 1.54) is 0 Å². The van der Waals surface area contributed by atoms with Crippen LogP contribution in [-0.4, -0.2) is 30.3 Å². The Morgan fingerprint density at radius 1 is 1.16 bits per heavy atom. The molecule has 1 aromatic rings. The summed E-state index contributed by atoms with van der Waals surface area (Å²) < 4.78 is 25.2. The molecular weight excluding hydrogens is 262 g/mol. The Hall–Kier alpha value is -1.10. The number of sulfone groups is 1. The summed E-state index contributed by atoms with van der Waals surface area (Å²) in [6.45, 7) is 2.32. The molecule has 0 aromatic carbocycles. The molecule has 4 nitrogen and oxygen atoms in total. The summed E-state index contributed by atoms with van der Waals surface area (Å²) in [7, 11) is -2.96. The van der Waals surface area contributed by atoms with Gasteiger partial charge >= 0.3 is 0 Å². The van der Waals surface area contributed by atoms with Gasteiger partial charge in [-0.15, -0.1) is 0 Å². The van der Waals surface area contributed by atoms with Gasteiger partial charge in [-0.3, -0.25) is 4.79 Å². The minimum atomic E-state index is -2.96. The molecule has 106 valence electrons. The van der Waals surface area contributed by atoms with Gasteiger partial charge in [0.25, 0.3) is 0 Å². The van der Waals surface area contributed by atoms with Crippen molar-refractivity contribution in [3.63, 3.8) is 0 Å². The largest absolute Gasteiger partial charge is 0.352 e. The highest BCUT2D eigenvalue weighted by atomic mass is 32.2. The Kier molecular flexibility index (Phi) is 4.45. The summed E-state index contributed by atoms with van der Waals surface area (Å²) in [5.41, 5.74) is 1.88. The van der Waals surface area contributed by atoms with Crippen LogP contribution in [0.25, 0.3) is 0 Å². The van der Waals surface area contributed by atoms with Gasteiger partial charge in [0, 0.05) is 36.7 Å². The van der Waals surface area contributed by atoms with Crippen molar-refractivity contribution >= 4 is 15.6 Å². The predicted octanol–water partition coefficient (Wildman–Crippen LogP) is 2.22. The van der Waals surface area contributed by atoms with Crippen LogP contribution < -0.4 is 0 Å². The molecule has 1 aliphatic carbocycles. The summed E-state index contributed by atoms with van der Waals surface area (Å²) >= 11 is 0. The van der Waals surface area contributed by atoms with Crippen LogP contribution in [0.3, 0.4) is 0 Å². The third-order valence-corrected chi connectivity index (χ3v) is 5.37. The van der Waals surface area contributed by atoms with Gasteiger partial charge in [0.05, 0.1) is 5.75 Å². The lowest BCUT2D eigenvalue weighted by Crippen LogP contribution is -2.15. The second kappa shape index (κ2) is 5.90. The minimum Gasteiger partial charge on any atom is -0.352 e. The quantitative estimate of drug-likeness (QED) is 0.779. The van der Waals surface area contributed by atoms with Crippen molar-refractivity contribution < 1.29 is 13.2 Å². The molecule has 0 saturated carbocycles. The summed E-state index contributed by atoms with van der Waals surface area (Å²) in [6.07, 6.45) is 7.96. The first kappa shape index (κ1) is 14.3. The average Bonchev–Trinajstić information content (AvgIpc) is 2.68. The number of hydrogen-bond donors (Lipinski definition) is 0. The highest BCUT2D eigenvalue weighted by Gasteiger charge is 2.18. The molecule has 0 atom stereocenters. The first-order valence-corrected chi connectivity index (χ1v) is 8.76. The summed E-state index contributed by atoms with van der Waals surface area (Å²) in [4.78, 5) is 11.9. The van der Waals surface area contributed by atoms with E-state index in [0.29, 0.717) is 19.4 Å². The molecule has 0 saturated heterocycles. The van der Waals surface area contributed by atoms with Crippen molar-refractivity contribution in [2.24, 2.45) is 0 Å². The molecule has 1 aliphatic rings. The second-order valence-corrected chi connectivity index (χ2v) is 7.52.